The van der Waals surface area contributed by atoms with Gasteiger partial charge in [0.2, 0.25) is 0 Å². The number of nitrogens with zero attached hydrogens (tertiary/aromatic N) is 2. The van der Waals surface area contributed by atoms with Crippen molar-refractivity contribution in [2.75, 3.05) is 12.4 Å². The maximum absolute atomic E-state index is 13.7. The van der Waals surface area contributed by atoms with Gasteiger partial charge in [-0.05, 0) is 41.8 Å². The summed E-state index contributed by atoms with van der Waals surface area (Å²) < 4.78 is 27.5. The predicted molar refractivity (Wildman–Crippen MR) is 81.4 cm³/mol. The Morgan fingerprint density at radius 3 is 2.78 bits per heavy atom. The summed E-state index contributed by atoms with van der Waals surface area (Å²) in [6.07, 6.45) is 1.59. The number of hydrogen-bond acceptors (Lipinski definition) is 4. The van der Waals surface area contributed by atoms with Crippen LogP contribution in [0.4, 0.5) is 14.7 Å². The molecule has 0 amide bonds. The highest BCUT2D eigenvalue weighted by atomic mass is 19.3. The average Bonchev–Trinajstić information content (AvgIpc) is 2.94. The Balaban J connectivity index is 2.26. The SMILES string of the molecule is CNc1nc2ccc(-c3cccc(F)c3C)cn2c1C(=O)OF. The standard InChI is InChI=1S/C16H13F2N3O2/c1-9-11(4-3-5-12(9)17)10-6-7-13-20-15(19-2)14(16(22)23-18)21(13)8-10/h3-8,19H,1-2H3. The van der Waals surface area contributed by atoms with Crippen LogP contribution >= 0.6 is 0 Å². The fraction of sp³-hybridized carbons (Fsp3) is 0.125. The summed E-state index contributed by atoms with van der Waals surface area (Å²) in [7, 11) is 1.56. The summed E-state index contributed by atoms with van der Waals surface area (Å²) in [5.41, 5.74) is 2.19. The van der Waals surface area contributed by atoms with Crippen molar-refractivity contribution in [2.24, 2.45) is 0 Å². The number of nitrogens with one attached hydrogen (secondary N) is 1. The van der Waals surface area contributed by atoms with Crippen LogP contribution in [-0.2, 0) is 4.94 Å². The van der Waals surface area contributed by atoms with Gasteiger partial charge in [-0.2, -0.15) is 0 Å². The second-order valence-electron chi connectivity index (χ2n) is 4.98. The predicted octanol–water partition coefficient (Wildman–Crippen LogP) is 3.53. The molecular formula is C16H13F2N3O2. The van der Waals surface area contributed by atoms with Crippen LogP contribution < -0.4 is 5.32 Å². The molecule has 3 rings (SSSR count). The molecule has 0 spiro atoms. The van der Waals surface area contributed by atoms with E-state index in [1.165, 1.54) is 10.5 Å². The van der Waals surface area contributed by atoms with E-state index in [0.717, 1.165) is 0 Å². The number of aromatic nitrogens is 2. The van der Waals surface area contributed by atoms with Crippen LogP contribution in [0.15, 0.2) is 36.5 Å². The topological polar surface area (TPSA) is 55.6 Å². The molecule has 118 valence electrons. The van der Waals surface area contributed by atoms with E-state index < -0.39 is 5.97 Å². The van der Waals surface area contributed by atoms with Crippen molar-refractivity contribution < 1.29 is 18.7 Å². The third-order valence-electron chi connectivity index (χ3n) is 3.70. The second-order valence-corrected chi connectivity index (χ2v) is 4.98. The Bertz CT molecular complexity index is 906. The van der Waals surface area contributed by atoms with Crippen molar-refractivity contribution in [1.82, 2.24) is 9.38 Å². The lowest BCUT2D eigenvalue weighted by atomic mass is 10.0. The second kappa shape index (κ2) is 5.68. The molecular weight excluding hydrogens is 304 g/mol. The molecule has 0 fully saturated rings. The third kappa shape index (κ3) is 2.40. The summed E-state index contributed by atoms with van der Waals surface area (Å²) in [6.45, 7) is 1.67. The Hall–Kier alpha value is -2.96. The molecule has 0 unspecified atom stereocenters. The van der Waals surface area contributed by atoms with Crippen LogP contribution in [0.2, 0.25) is 0 Å². The number of imidazole rings is 1. The minimum atomic E-state index is -1.16. The molecule has 0 atom stereocenters. The van der Waals surface area contributed by atoms with E-state index in [1.54, 1.807) is 44.4 Å². The fourth-order valence-corrected chi connectivity index (χ4v) is 2.53. The van der Waals surface area contributed by atoms with Gasteiger partial charge in [0.1, 0.15) is 11.5 Å². The molecule has 3 aromatic rings. The van der Waals surface area contributed by atoms with Crippen LogP contribution in [-0.4, -0.2) is 22.4 Å². The van der Waals surface area contributed by atoms with Gasteiger partial charge in [0.15, 0.2) is 11.5 Å². The summed E-state index contributed by atoms with van der Waals surface area (Å²) >= 11 is 0. The highest BCUT2D eigenvalue weighted by molar-refractivity contribution is 5.94. The monoisotopic (exact) mass is 317 g/mol. The maximum atomic E-state index is 13.7. The van der Waals surface area contributed by atoms with Crippen LogP contribution in [0.5, 0.6) is 0 Å². The smallest absolute Gasteiger partial charge is 0.371 e. The Labute approximate surface area is 130 Å². The molecule has 0 saturated heterocycles. The molecule has 0 aliphatic carbocycles. The zero-order valence-electron chi connectivity index (χ0n) is 12.4. The molecule has 23 heavy (non-hydrogen) atoms. The molecule has 0 radical (unpaired) electrons. The molecule has 5 nitrogen and oxygen atoms in total. The number of pyridine rings is 1. The van der Waals surface area contributed by atoms with Crippen LogP contribution in [0, 0.1) is 12.7 Å². The minimum Gasteiger partial charge on any atom is -0.371 e. The lowest BCUT2D eigenvalue weighted by Crippen LogP contribution is -2.07. The van der Waals surface area contributed by atoms with Crippen molar-refractivity contribution in [3.05, 3.63) is 53.6 Å². The van der Waals surface area contributed by atoms with Crippen molar-refractivity contribution in [2.45, 2.75) is 6.92 Å². The van der Waals surface area contributed by atoms with Crippen molar-refractivity contribution in [3.8, 4) is 11.1 Å². The number of benzene rings is 1. The highest BCUT2D eigenvalue weighted by Crippen LogP contribution is 2.27. The molecule has 2 aromatic heterocycles. The van der Waals surface area contributed by atoms with Gasteiger partial charge in [-0.1, -0.05) is 12.1 Å². The van der Waals surface area contributed by atoms with Crippen LogP contribution in [0.1, 0.15) is 16.1 Å². The van der Waals surface area contributed by atoms with E-state index >= 15 is 0 Å². The van der Waals surface area contributed by atoms with Crippen molar-refractivity contribution >= 4 is 17.4 Å². The first-order valence-electron chi connectivity index (χ1n) is 6.85. The Morgan fingerprint density at radius 2 is 2.09 bits per heavy atom. The van der Waals surface area contributed by atoms with Crippen LogP contribution in [0.25, 0.3) is 16.8 Å². The van der Waals surface area contributed by atoms with Gasteiger partial charge in [-0.15, -0.1) is 0 Å². The number of fused-ring (bicyclic) bond motifs is 1. The quantitative estimate of drug-likeness (QED) is 0.803. The number of carbonyl (C=O) groups excluding carboxylic acids is 1. The highest BCUT2D eigenvalue weighted by Gasteiger charge is 2.21. The summed E-state index contributed by atoms with van der Waals surface area (Å²) in [5, 5.41) is 2.72. The molecule has 0 bridgehead atoms. The average molecular weight is 317 g/mol. The summed E-state index contributed by atoms with van der Waals surface area (Å²) in [6, 6.07) is 8.16. The molecule has 1 N–H and O–H groups in total. The fourth-order valence-electron chi connectivity index (χ4n) is 2.53. The van der Waals surface area contributed by atoms with Crippen molar-refractivity contribution in [3.63, 3.8) is 0 Å². The maximum Gasteiger partial charge on any atom is 0.399 e. The molecule has 0 saturated carbocycles. The first-order chi connectivity index (χ1) is 11.1. The number of rotatable bonds is 3. The molecule has 0 aliphatic rings. The summed E-state index contributed by atoms with van der Waals surface area (Å²) in [5.74, 6) is -1.29. The minimum absolute atomic E-state index is 0.0686. The Kier molecular flexibility index (Phi) is 3.69. The van der Waals surface area contributed by atoms with Gasteiger partial charge in [0.25, 0.3) is 0 Å². The van der Waals surface area contributed by atoms with Crippen molar-refractivity contribution in [1.29, 1.82) is 0 Å². The molecule has 0 aliphatic heterocycles. The largest absolute Gasteiger partial charge is 0.399 e. The zero-order chi connectivity index (χ0) is 16.6. The van der Waals surface area contributed by atoms with Gasteiger partial charge in [-0.3, -0.25) is 4.40 Å². The number of halogens is 2. The first kappa shape index (κ1) is 15.0. The van der Waals surface area contributed by atoms with E-state index in [4.69, 9.17) is 0 Å². The third-order valence-corrected chi connectivity index (χ3v) is 3.70. The van der Waals surface area contributed by atoms with E-state index in [2.05, 4.69) is 15.2 Å². The summed E-state index contributed by atoms with van der Waals surface area (Å²) in [4.78, 5) is 19.2. The lowest BCUT2D eigenvalue weighted by molar-refractivity contribution is -0.0793. The Morgan fingerprint density at radius 1 is 1.30 bits per heavy atom. The number of hydrogen-bond donors (Lipinski definition) is 1. The van der Waals surface area contributed by atoms with E-state index in [-0.39, 0.29) is 17.3 Å². The molecule has 1 aromatic carbocycles. The van der Waals surface area contributed by atoms with Gasteiger partial charge in [0.05, 0.1) is 0 Å². The van der Waals surface area contributed by atoms with Crippen LogP contribution in [0.3, 0.4) is 0 Å². The first-order valence-corrected chi connectivity index (χ1v) is 6.85. The van der Waals surface area contributed by atoms with E-state index in [0.29, 0.717) is 22.3 Å². The van der Waals surface area contributed by atoms with Gasteiger partial charge in [0, 0.05) is 17.8 Å². The van der Waals surface area contributed by atoms with Gasteiger partial charge < -0.3 is 5.32 Å². The number of carbonyl (C=O) groups is 1. The normalized spacial score (nSPS) is 10.8. The van der Waals surface area contributed by atoms with E-state index in [9.17, 15) is 13.7 Å². The number of anilines is 1. The molecule has 7 heteroatoms. The molecule has 2 heterocycles. The zero-order valence-corrected chi connectivity index (χ0v) is 12.4. The van der Waals surface area contributed by atoms with Gasteiger partial charge in [-0.25, -0.2) is 19.1 Å². The van der Waals surface area contributed by atoms with E-state index in [1.807, 2.05) is 0 Å². The van der Waals surface area contributed by atoms with Gasteiger partial charge >= 0.3 is 5.97 Å². The lowest BCUT2D eigenvalue weighted by Gasteiger charge is -2.08.